The predicted octanol–water partition coefficient (Wildman–Crippen LogP) is 0.510. The van der Waals surface area contributed by atoms with E-state index in [1.165, 1.54) is 0 Å². The number of carbonyl (C=O) groups excluding carboxylic acids is 1. The lowest BCUT2D eigenvalue weighted by atomic mass is 10.2. The topological polar surface area (TPSA) is 48.5 Å². The molecule has 3 rings (SSSR count). The standard InChI is InChI=1S/C15H22N4O/c1-12-14(3-2-5-17-12)15(20)19-8-4-13(11-19)18-9-6-16-7-10-18/h2-3,5,13,16H,4,6-11H2,1H3. The van der Waals surface area contributed by atoms with Gasteiger partial charge in [0.2, 0.25) is 0 Å². The summed E-state index contributed by atoms with van der Waals surface area (Å²) < 4.78 is 0. The van der Waals surface area contributed by atoms with E-state index in [2.05, 4.69) is 15.2 Å². The fourth-order valence-electron chi connectivity index (χ4n) is 3.15. The number of likely N-dealkylation sites (tertiary alicyclic amines) is 1. The number of aromatic nitrogens is 1. The summed E-state index contributed by atoms with van der Waals surface area (Å²) in [7, 11) is 0. The lowest BCUT2D eigenvalue weighted by Gasteiger charge is -2.32. The molecular weight excluding hydrogens is 252 g/mol. The number of nitrogens with zero attached hydrogens (tertiary/aromatic N) is 3. The number of rotatable bonds is 2. The molecule has 20 heavy (non-hydrogen) atoms. The number of piperazine rings is 1. The Balaban J connectivity index is 1.65. The van der Waals surface area contributed by atoms with Crippen LogP contribution in [0.4, 0.5) is 0 Å². The molecule has 5 nitrogen and oxygen atoms in total. The Kier molecular flexibility index (Phi) is 3.98. The van der Waals surface area contributed by atoms with Crippen molar-refractivity contribution in [1.82, 2.24) is 20.1 Å². The van der Waals surface area contributed by atoms with Gasteiger partial charge in [-0.1, -0.05) is 0 Å². The highest BCUT2D eigenvalue weighted by Gasteiger charge is 2.31. The van der Waals surface area contributed by atoms with Crippen LogP contribution in [0.15, 0.2) is 18.3 Å². The molecule has 1 N–H and O–H groups in total. The van der Waals surface area contributed by atoms with Crippen LogP contribution in [0.2, 0.25) is 0 Å². The van der Waals surface area contributed by atoms with Crippen LogP contribution in [-0.4, -0.2) is 66.0 Å². The molecule has 1 amide bonds. The van der Waals surface area contributed by atoms with Crippen molar-refractivity contribution in [2.24, 2.45) is 0 Å². The van der Waals surface area contributed by atoms with Gasteiger partial charge in [-0.15, -0.1) is 0 Å². The minimum absolute atomic E-state index is 0.133. The Bertz CT molecular complexity index is 485. The average Bonchev–Trinajstić information content (AvgIpc) is 2.98. The smallest absolute Gasteiger partial charge is 0.255 e. The molecule has 0 aliphatic carbocycles. The lowest BCUT2D eigenvalue weighted by Crippen LogP contribution is -2.49. The Hall–Kier alpha value is -1.46. The maximum atomic E-state index is 12.6. The van der Waals surface area contributed by atoms with Crippen molar-refractivity contribution < 1.29 is 4.79 Å². The van der Waals surface area contributed by atoms with Crippen molar-refractivity contribution in [3.05, 3.63) is 29.6 Å². The predicted molar refractivity (Wildman–Crippen MR) is 77.7 cm³/mol. The second-order valence-electron chi connectivity index (χ2n) is 5.62. The molecule has 1 unspecified atom stereocenters. The summed E-state index contributed by atoms with van der Waals surface area (Å²) in [6.07, 6.45) is 2.82. The molecule has 1 aromatic heterocycles. The van der Waals surface area contributed by atoms with Crippen molar-refractivity contribution in [1.29, 1.82) is 0 Å². The highest BCUT2D eigenvalue weighted by Crippen LogP contribution is 2.19. The van der Waals surface area contributed by atoms with Crippen LogP contribution in [0, 0.1) is 6.92 Å². The quantitative estimate of drug-likeness (QED) is 0.854. The molecule has 1 aromatic rings. The molecule has 2 aliphatic heterocycles. The van der Waals surface area contributed by atoms with Gasteiger partial charge in [0.1, 0.15) is 0 Å². The van der Waals surface area contributed by atoms with Crippen molar-refractivity contribution in [2.75, 3.05) is 39.3 Å². The fourth-order valence-corrected chi connectivity index (χ4v) is 3.15. The van der Waals surface area contributed by atoms with Gasteiger partial charge in [-0.05, 0) is 25.5 Å². The molecular formula is C15H22N4O. The van der Waals surface area contributed by atoms with E-state index in [0.29, 0.717) is 6.04 Å². The first kappa shape index (κ1) is 13.5. The van der Waals surface area contributed by atoms with Crippen LogP contribution in [0.1, 0.15) is 22.5 Å². The fraction of sp³-hybridized carbons (Fsp3) is 0.600. The van der Waals surface area contributed by atoms with E-state index in [1.54, 1.807) is 6.20 Å². The molecule has 108 valence electrons. The van der Waals surface area contributed by atoms with Crippen molar-refractivity contribution in [3.63, 3.8) is 0 Å². The third kappa shape index (κ3) is 2.69. The first-order valence-electron chi connectivity index (χ1n) is 7.41. The van der Waals surface area contributed by atoms with Crippen molar-refractivity contribution in [2.45, 2.75) is 19.4 Å². The normalized spacial score (nSPS) is 24.1. The number of carbonyl (C=O) groups is 1. The molecule has 0 spiro atoms. The minimum Gasteiger partial charge on any atom is -0.337 e. The first-order valence-corrected chi connectivity index (χ1v) is 7.41. The maximum absolute atomic E-state index is 12.6. The molecule has 0 aromatic carbocycles. The highest BCUT2D eigenvalue weighted by atomic mass is 16.2. The first-order chi connectivity index (χ1) is 9.75. The number of pyridine rings is 1. The average molecular weight is 274 g/mol. The van der Waals surface area contributed by atoms with E-state index in [9.17, 15) is 4.79 Å². The van der Waals surface area contributed by atoms with Gasteiger partial charge in [-0.2, -0.15) is 0 Å². The van der Waals surface area contributed by atoms with E-state index < -0.39 is 0 Å². The number of nitrogens with one attached hydrogen (secondary N) is 1. The molecule has 0 bridgehead atoms. The Morgan fingerprint density at radius 2 is 2.15 bits per heavy atom. The van der Waals surface area contributed by atoms with E-state index in [4.69, 9.17) is 0 Å². The number of aryl methyl sites for hydroxylation is 1. The molecule has 2 fully saturated rings. The molecule has 2 aliphatic rings. The largest absolute Gasteiger partial charge is 0.337 e. The number of amides is 1. The van der Waals surface area contributed by atoms with Gasteiger partial charge in [0, 0.05) is 57.2 Å². The number of hydrogen-bond donors (Lipinski definition) is 1. The van der Waals surface area contributed by atoms with Gasteiger partial charge < -0.3 is 10.2 Å². The molecule has 2 saturated heterocycles. The van der Waals surface area contributed by atoms with Crippen molar-refractivity contribution in [3.8, 4) is 0 Å². The zero-order chi connectivity index (χ0) is 13.9. The van der Waals surface area contributed by atoms with Crippen molar-refractivity contribution >= 4 is 5.91 Å². The molecule has 0 saturated carbocycles. The molecule has 0 radical (unpaired) electrons. The third-order valence-electron chi connectivity index (χ3n) is 4.36. The van der Waals surface area contributed by atoms with Gasteiger partial charge in [0.05, 0.1) is 5.56 Å². The monoisotopic (exact) mass is 274 g/mol. The summed E-state index contributed by atoms with van der Waals surface area (Å²) in [5, 5.41) is 3.37. The van der Waals surface area contributed by atoms with Crippen LogP contribution >= 0.6 is 0 Å². The van der Waals surface area contributed by atoms with E-state index in [1.807, 2.05) is 24.0 Å². The Morgan fingerprint density at radius 1 is 1.35 bits per heavy atom. The second-order valence-corrected chi connectivity index (χ2v) is 5.62. The summed E-state index contributed by atoms with van der Waals surface area (Å²) in [4.78, 5) is 21.3. The van der Waals surface area contributed by atoms with Gasteiger partial charge in [0.25, 0.3) is 5.91 Å². The zero-order valence-corrected chi connectivity index (χ0v) is 12.0. The van der Waals surface area contributed by atoms with E-state index >= 15 is 0 Å². The van der Waals surface area contributed by atoms with Gasteiger partial charge in [-0.3, -0.25) is 14.7 Å². The molecule has 3 heterocycles. The van der Waals surface area contributed by atoms with Gasteiger partial charge in [-0.25, -0.2) is 0 Å². The Morgan fingerprint density at radius 3 is 2.90 bits per heavy atom. The Labute approximate surface area is 120 Å². The summed E-state index contributed by atoms with van der Waals surface area (Å²) in [5.74, 6) is 0.133. The van der Waals surface area contributed by atoms with Crippen LogP contribution in [0.3, 0.4) is 0 Å². The summed E-state index contributed by atoms with van der Waals surface area (Å²) in [5.41, 5.74) is 1.57. The second kappa shape index (κ2) is 5.89. The summed E-state index contributed by atoms with van der Waals surface area (Å²) in [6.45, 7) is 7.93. The van der Waals surface area contributed by atoms with Gasteiger partial charge in [0.15, 0.2) is 0 Å². The van der Waals surface area contributed by atoms with E-state index in [0.717, 1.165) is 56.9 Å². The third-order valence-corrected chi connectivity index (χ3v) is 4.36. The zero-order valence-electron chi connectivity index (χ0n) is 12.0. The van der Waals surface area contributed by atoms with Crippen LogP contribution in [0.5, 0.6) is 0 Å². The highest BCUT2D eigenvalue weighted by molar-refractivity contribution is 5.95. The number of hydrogen-bond acceptors (Lipinski definition) is 4. The minimum atomic E-state index is 0.133. The molecule has 1 atom stereocenters. The molecule has 5 heteroatoms. The summed E-state index contributed by atoms with van der Waals surface area (Å²) in [6, 6.07) is 4.24. The van der Waals surface area contributed by atoms with Gasteiger partial charge >= 0.3 is 0 Å². The lowest BCUT2D eigenvalue weighted by molar-refractivity contribution is 0.0772. The van der Waals surface area contributed by atoms with Crippen LogP contribution in [0.25, 0.3) is 0 Å². The van der Waals surface area contributed by atoms with Crippen LogP contribution < -0.4 is 5.32 Å². The maximum Gasteiger partial charge on any atom is 0.255 e. The SMILES string of the molecule is Cc1ncccc1C(=O)N1CCC(N2CCNCC2)C1. The van der Waals surface area contributed by atoms with Crippen LogP contribution in [-0.2, 0) is 0 Å². The van der Waals surface area contributed by atoms with E-state index in [-0.39, 0.29) is 5.91 Å². The summed E-state index contributed by atoms with van der Waals surface area (Å²) >= 11 is 0.